The summed E-state index contributed by atoms with van der Waals surface area (Å²) >= 11 is 7.86. The molecular weight excluding hydrogens is 342 g/mol. The van der Waals surface area contributed by atoms with Crippen molar-refractivity contribution in [3.8, 4) is 11.3 Å². The summed E-state index contributed by atoms with van der Waals surface area (Å²) in [5.41, 5.74) is 9.11. The van der Waals surface area contributed by atoms with Crippen molar-refractivity contribution < 1.29 is 0 Å². The number of aromatic nitrogens is 3. The minimum absolute atomic E-state index is 0.179. The van der Waals surface area contributed by atoms with E-state index in [-0.39, 0.29) is 6.04 Å². The monoisotopic (exact) mass is 361 g/mol. The maximum Gasteiger partial charge on any atom is 0.179 e. The van der Waals surface area contributed by atoms with Gasteiger partial charge in [0, 0.05) is 30.1 Å². The van der Waals surface area contributed by atoms with E-state index in [1.807, 2.05) is 25.2 Å². The predicted molar refractivity (Wildman–Crippen MR) is 101 cm³/mol. The number of aryl methyl sites for hydroxylation is 2. The lowest BCUT2D eigenvalue weighted by Gasteiger charge is -2.16. The van der Waals surface area contributed by atoms with Gasteiger partial charge in [0.2, 0.25) is 0 Å². The molecule has 0 spiro atoms. The summed E-state index contributed by atoms with van der Waals surface area (Å²) in [5.74, 6) is 0. The Morgan fingerprint density at radius 1 is 1.33 bits per heavy atom. The largest absolute Gasteiger partial charge is 0.373 e. The first kappa shape index (κ1) is 17.0. The molecular formula is C17H20ClN5S. The van der Waals surface area contributed by atoms with Crippen molar-refractivity contribution in [3.63, 3.8) is 0 Å². The molecule has 0 saturated carbocycles. The number of anilines is 1. The van der Waals surface area contributed by atoms with Crippen LogP contribution in [0.3, 0.4) is 0 Å². The molecule has 3 aromatic rings. The normalized spacial score (nSPS) is 12.3. The van der Waals surface area contributed by atoms with Crippen LogP contribution < -0.4 is 11.1 Å². The number of nitrogens with two attached hydrogens (primary N) is 1. The number of thiophene rings is 1. The van der Waals surface area contributed by atoms with Crippen molar-refractivity contribution in [3.05, 3.63) is 52.0 Å². The van der Waals surface area contributed by atoms with Crippen molar-refractivity contribution in [2.75, 3.05) is 11.9 Å². The average molecular weight is 362 g/mol. The van der Waals surface area contributed by atoms with E-state index in [2.05, 4.69) is 40.8 Å². The smallest absolute Gasteiger partial charge is 0.179 e. The fourth-order valence-electron chi connectivity index (χ4n) is 2.70. The molecule has 0 amide bonds. The Morgan fingerprint density at radius 3 is 2.71 bits per heavy atom. The molecule has 0 saturated heterocycles. The number of hydrogen-bond acceptors (Lipinski definition) is 5. The number of benzene rings is 1. The Labute approximate surface area is 150 Å². The van der Waals surface area contributed by atoms with Gasteiger partial charge in [-0.25, -0.2) is 4.68 Å². The molecule has 2 aromatic heterocycles. The van der Waals surface area contributed by atoms with E-state index in [0.29, 0.717) is 11.7 Å². The summed E-state index contributed by atoms with van der Waals surface area (Å²) in [7, 11) is 1.84. The predicted octanol–water partition coefficient (Wildman–Crippen LogP) is 3.49. The average Bonchev–Trinajstić information content (AvgIpc) is 3.09. The molecule has 0 fully saturated rings. The Bertz CT molecular complexity index is 792. The van der Waals surface area contributed by atoms with Crippen molar-refractivity contribution in [2.24, 2.45) is 12.8 Å². The van der Waals surface area contributed by atoms with E-state index in [1.54, 1.807) is 16.0 Å². The van der Waals surface area contributed by atoms with Crippen LogP contribution in [0.1, 0.15) is 10.4 Å². The zero-order valence-corrected chi connectivity index (χ0v) is 15.2. The summed E-state index contributed by atoms with van der Waals surface area (Å²) in [6.45, 7) is 2.64. The molecule has 3 N–H and O–H groups in total. The van der Waals surface area contributed by atoms with E-state index >= 15 is 0 Å². The van der Waals surface area contributed by atoms with Gasteiger partial charge in [0.1, 0.15) is 5.69 Å². The second-order valence-electron chi connectivity index (χ2n) is 5.70. The van der Waals surface area contributed by atoms with E-state index in [0.717, 1.165) is 22.7 Å². The lowest BCUT2D eigenvalue weighted by molar-refractivity contribution is 0.720. The second kappa shape index (κ2) is 7.34. The van der Waals surface area contributed by atoms with E-state index in [9.17, 15) is 0 Å². The topological polar surface area (TPSA) is 68.8 Å². The lowest BCUT2D eigenvalue weighted by Crippen LogP contribution is -2.30. The van der Waals surface area contributed by atoms with Gasteiger partial charge in [0.15, 0.2) is 5.15 Å². The highest BCUT2D eigenvalue weighted by Gasteiger charge is 2.17. The Hall–Kier alpha value is -1.89. The van der Waals surface area contributed by atoms with Crippen LogP contribution in [0, 0.1) is 6.92 Å². The molecule has 2 heterocycles. The van der Waals surface area contributed by atoms with E-state index in [4.69, 9.17) is 17.3 Å². The first-order chi connectivity index (χ1) is 11.6. The van der Waals surface area contributed by atoms with Crippen LogP contribution in [0.15, 0.2) is 36.4 Å². The number of nitrogens with zero attached hydrogens (tertiary/aromatic N) is 3. The molecule has 0 aliphatic rings. The highest BCUT2D eigenvalue weighted by atomic mass is 35.5. The van der Waals surface area contributed by atoms with Crippen LogP contribution >= 0.6 is 22.9 Å². The van der Waals surface area contributed by atoms with Gasteiger partial charge < -0.3 is 11.1 Å². The van der Waals surface area contributed by atoms with E-state index < -0.39 is 0 Å². The molecule has 24 heavy (non-hydrogen) atoms. The van der Waals surface area contributed by atoms with Gasteiger partial charge in [-0.3, -0.25) is 0 Å². The summed E-state index contributed by atoms with van der Waals surface area (Å²) in [4.78, 5) is 1.17. The number of hydrogen-bond donors (Lipinski definition) is 2. The number of rotatable bonds is 6. The van der Waals surface area contributed by atoms with Gasteiger partial charge in [-0.1, -0.05) is 47.1 Å². The highest BCUT2D eigenvalue weighted by molar-refractivity contribution is 7.16. The molecule has 1 aromatic carbocycles. The van der Waals surface area contributed by atoms with E-state index in [1.165, 1.54) is 10.4 Å². The molecule has 0 bridgehead atoms. The summed E-state index contributed by atoms with van der Waals surface area (Å²) in [5, 5.41) is 12.9. The van der Waals surface area contributed by atoms with Gasteiger partial charge in [-0.15, -0.1) is 16.4 Å². The Balaban J connectivity index is 1.79. The standard InChI is InChI=1S/C17H20ClN5S/c1-11-14(16-17(18)21-22-23(16)2)9-15(24-11)20-13(10-19)8-12-6-4-3-5-7-12/h3-7,9,13,20H,8,10,19H2,1-2H3/t13-/m0/s1. The Morgan fingerprint density at radius 2 is 2.08 bits per heavy atom. The molecule has 0 radical (unpaired) electrons. The zero-order chi connectivity index (χ0) is 17.1. The third kappa shape index (κ3) is 3.61. The van der Waals surface area contributed by atoms with Gasteiger partial charge in [0.05, 0.1) is 5.00 Å². The van der Waals surface area contributed by atoms with Gasteiger partial charge >= 0.3 is 0 Å². The van der Waals surface area contributed by atoms with Crippen molar-refractivity contribution in [2.45, 2.75) is 19.4 Å². The molecule has 5 nitrogen and oxygen atoms in total. The summed E-state index contributed by atoms with van der Waals surface area (Å²) in [6.07, 6.45) is 0.887. The fourth-order valence-corrected chi connectivity index (χ4v) is 3.95. The first-order valence-electron chi connectivity index (χ1n) is 7.75. The molecule has 126 valence electrons. The maximum atomic E-state index is 6.17. The molecule has 0 aliphatic carbocycles. The number of halogens is 1. The fraction of sp³-hybridized carbons (Fsp3) is 0.294. The van der Waals surface area contributed by atoms with Gasteiger partial charge in [-0.05, 0) is 25.0 Å². The molecule has 7 heteroatoms. The number of nitrogens with one attached hydrogen (secondary N) is 1. The van der Waals surface area contributed by atoms with Crippen molar-refractivity contribution >= 4 is 27.9 Å². The summed E-state index contributed by atoms with van der Waals surface area (Å²) in [6, 6.07) is 12.6. The lowest BCUT2D eigenvalue weighted by atomic mass is 10.1. The SMILES string of the molecule is Cc1sc(N[C@H](CN)Cc2ccccc2)cc1-c1c(Cl)nnn1C. The zero-order valence-electron chi connectivity index (χ0n) is 13.7. The molecule has 3 rings (SSSR count). The van der Waals surface area contributed by atoms with Crippen LogP contribution in [0.4, 0.5) is 5.00 Å². The highest BCUT2D eigenvalue weighted by Crippen LogP contribution is 2.36. The minimum Gasteiger partial charge on any atom is -0.373 e. The summed E-state index contributed by atoms with van der Waals surface area (Å²) < 4.78 is 1.70. The van der Waals surface area contributed by atoms with Crippen LogP contribution in [0.25, 0.3) is 11.3 Å². The first-order valence-corrected chi connectivity index (χ1v) is 8.94. The van der Waals surface area contributed by atoms with Crippen molar-refractivity contribution in [1.82, 2.24) is 15.0 Å². The third-order valence-corrected chi connectivity index (χ3v) is 5.15. The molecule has 0 aliphatic heterocycles. The van der Waals surface area contributed by atoms with Gasteiger partial charge in [-0.2, -0.15) is 0 Å². The van der Waals surface area contributed by atoms with Gasteiger partial charge in [0.25, 0.3) is 0 Å². The van der Waals surface area contributed by atoms with Crippen LogP contribution in [0.2, 0.25) is 5.15 Å². The maximum absolute atomic E-state index is 6.17. The van der Waals surface area contributed by atoms with Crippen molar-refractivity contribution in [1.29, 1.82) is 0 Å². The van der Waals surface area contributed by atoms with Crippen LogP contribution in [-0.2, 0) is 13.5 Å². The Kier molecular flexibility index (Phi) is 5.18. The molecule has 0 unspecified atom stereocenters. The quantitative estimate of drug-likeness (QED) is 0.705. The van der Waals surface area contributed by atoms with Crippen LogP contribution in [-0.4, -0.2) is 27.6 Å². The minimum atomic E-state index is 0.179. The third-order valence-electron chi connectivity index (χ3n) is 3.91. The molecule has 1 atom stereocenters. The second-order valence-corrected chi connectivity index (χ2v) is 7.31. The van der Waals surface area contributed by atoms with Crippen LogP contribution in [0.5, 0.6) is 0 Å².